The van der Waals surface area contributed by atoms with Crippen molar-refractivity contribution in [1.82, 2.24) is 15.5 Å². The molecule has 0 aliphatic rings. The van der Waals surface area contributed by atoms with Crippen LogP contribution in [0, 0.1) is 0 Å². The Balaban J connectivity index is 4.43. The lowest BCUT2D eigenvalue weighted by Gasteiger charge is -2.26. The van der Waals surface area contributed by atoms with Crippen molar-refractivity contribution >= 4 is 17.7 Å². The van der Waals surface area contributed by atoms with Gasteiger partial charge in [-0.2, -0.15) is 0 Å². The second kappa shape index (κ2) is 23.5. The molecule has 3 amide bonds. The summed E-state index contributed by atoms with van der Waals surface area (Å²) in [6.45, 7) is 7.01. The molecule has 0 fully saturated rings. The standard InChI is InChI=1S/C27H51N5O3/c1-3-5-7-9-17-25(33)30-20-13-14-22-32(27(35)24(29)16-11-12-19-28)23-15-21-31-26(34)18-10-8-6-4-2/h5-8,24H,3-4,9-23,28-29H2,1-2H3,(H,30,33)(H,31,34)/b7-5-,8-6-/t24-/m1/s1. The summed E-state index contributed by atoms with van der Waals surface area (Å²) in [4.78, 5) is 38.5. The molecule has 0 unspecified atom stereocenters. The van der Waals surface area contributed by atoms with Crippen molar-refractivity contribution in [3.8, 4) is 0 Å². The highest BCUT2D eigenvalue weighted by molar-refractivity contribution is 5.81. The van der Waals surface area contributed by atoms with Crippen LogP contribution in [0.5, 0.6) is 0 Å². The van der Waals surface area contributed by atoms with Gasteiger partial charge in [-0.1, -0.05) is 44.6 Å². The number of rotatable bonds is 22. The van der Waals surface area contributed by atoms with Crippen LogP contribution < -0.4 is 22.1 Å². The number of hydrogen-bond donors (Lipinski definition) is 4. The van der Waals surface area contributed by atoms with E-state index in [1.807, 2.05) is 12.2 Å². The maximum atomic E-state index is 12.9. The fourth-order valence-electron chi connectivity index (χ4n) is 3.53. The van der Waals surface area contributed by atoms with Gasteiger partial charge in [-0.15, -0.1) is 0 Å². The van der Waals surface area contributed by atoms with Crippen molar-refractivity contribution in [3.63, 3.8) is 0 Å². The molecule has 0 aliphatic heterocycles. The van der Waals surface area contributed by atoms with E-state index >= 15 is 0 Å². The molecular weight excluding hydrogens is 442 g/mol. The van der Waals surface area contributed by atoms with Gasteiger partial charge in [0.05, 0.1) is 6.04 Å². The lowest BCUT2D eigenvalue weighted by atomic mass is 10.1. The van der Waals surface area contributed by atoms with Gasteiger partial charge in [0.15, 0.2) is 0 Å². The minimum atomic E-state index is -0.530. The average Bonchev–Trinajstić information content (AvgIpc) is 2.85. The Bertz CT molecular complexity index is 622. The Morgan fingerprint density at radius 1 is 0.771 bits per heavy atom. The van der Waals surface area contributed by atoms with Crippen molar-refractivity contribution < 1.29 is 14.4 Å². The number of nitrogens with one attached hydrogen (secondary N) is 2. The Kier molecular flexibility index (Phi) is 22.1. The fraction of sp³-hybridized carbons (Fsp3) is 0.741. The van der Waals surface area contributed by atoms with Crippen LogP contribution in [0.3, 0.4) is 0 Å². The summed E-state index contributed by atoms with van der Waals surface area (Å²) >= 11 is 0. The maximum absolute atomic E-state index is 12.9. The highest BCUT2D eigenvalue weighted by atomic mass is 16.2. The topological polar surface area (TPSA) is 131 Å². The van der Waals surface area contributed by atoms with Crippen LogP contribution in [0.2, 0.25) is 0 Å². The van der Waals surface area contributed by atoms with Crippen LogP contribution in [0.1, 0.15) is 90.9 Å². The molecule has 0 aromatic rings. The van der Waals surface area contributed by atoms with Gasteiger partial charge in [0.25, 0.3) is 0 Å². The number of unbranched alkanes of at least 4 members (excludes halogenated alkanes) is 2. The highest BCUT2D eigenvalue weighted by Crippen LogP contribution is 2.06. The zero-order valence-electron chi connectivity index (χ0n) is 22.2. The predicted molar refractivity (Wildman–Crippen MR) is 145 cm³/mol. The molecule has 0 bridgehead atoms. The maximum Gasteiger partial charge on any atom is 0.239 e. The predicted octanol–water partition coefficient (Wildman–Crippen LogP) is 3.17. The lowest BCUT2D eigenvalue weighted by Crippen LogP contribution is -2.45. The molecule has 0 radical (unpaired) electrons. The van der Waals surface area contributed by atoms with E-state index in [0.29, 0.717) is 58.4 Å². The average molecular weight is 494 g/mol. The molecule has 0 aliphatic carbocycles. The molecule has 0 spiro atoms. The van der Waals surface area contributed by atoms with Crippen molar-refractivity contribution in [2.24, 2.45) is 11.5 Å². The third-order valence-electron chi connectivity index (χ3n) is 5.58. The largest absolute Gasteiger partial charge is 0.356 e. The summed E-state index contributed by atoms with van der Waals surface area (Å²) in [7, 11) is 0. The molecule has 6 N–H and O–H groups in total. The third kappa shape index (κ3) is 19.8. The molecule has 0 rings (SSSR count). The molecule has 0 saturated carbocycles. The first-order chi connectivity index (χ1) is 17.0. The van der Waals surface area contributed by atoms with Crippen LogP contribution >= 0.6 is 0 Å². The van der Waals surface area contributed by atoms with Gasteiger partial charge in [0.2, 0.25) is 17.7 Å². The van der Waals surface area contributed by atoms with Crippen LogP contribution in [0.15, 0.2) is 24.3 Å². The quantitative estimate of drug-likeness (QED) is 0.136. The van der Waals surface area contributed by atoms with Crippen LogP contribution in [0.4, 0.5) is 0 Å². The monoisotopic (exact) mass is 493 g/mol. The van der Waals surface area contributed by atoms with Crippen molar-refractivity contribution in [2.45, 2.75) is 96.9 Å². The number of allylic oxidation sites excluding steroid dienone is 4. The minimum absolute atomic E-state index is 0.0306. The van der Waals surface area contributed by atoms with Crippen LogP contribution in [0.25, 0.3) is 0 Å². The van der Waals surface area contributed by atoms with E-state index in [-0.39, 0.29) is 17.7 Å². The van der Waals surface area contributed by atoms with E-state index in [1.165, 1.54) is 0 Å². The van der Waals surface area contributed by atoms with E-state index in [0.717, 1.165) is 51.4 Å². The number of hydrogen-bond acceptors (Lipinski definition) is 5. The van der Waals surface area contributed by atoms with Gasteiger partial charge in [-0.05, 0) is 64.3 Å². The smallest absolute Gasteiger partial charge is 0.239 e. The number of carbonyl (C=O) groups excluding carboxylic acids is 3. The molecule has 8 heteroatoms. The second-order valence-electron chi connectivity index (χ2n) is 8.81. The summed E-state index contributed by atoms with van der Waals surface area (Å²) in [5, 5.41) is 5.87. The molecule has 35 heavy (non-hydrogen) atoms. The van der Waals surface area contributed by atoms with Gasteiger partial charge < -0.3 is 27.0 Å². The summed E-state index contributed by atoms with van der Waals surface area (Å²) in [6, 6.07) is -0.530. The molecule has 0 saturated heterocycles. The van der Waals surface area contributed by atoms with Gasteiger partial charge in [0.1, 0.15) is 0 Å². The molecule has 1 atom stereocenters. The number of nitrogens with two attached hydrogens (primary N) is 2. The van der Waals surface area contributed by atoms with Crippen molar-refractivity contribution in [3.05, 3.63) is 24.3 Å². The molecule has 0 aromatic heterocycles. The molecule has 0 heterocycles. The first kappa shape index (κ1) is 32.8. The molecule has 202 valence electrons. The SMILES string of the molecule is CC/C=C\CCC(=O)NCCCCN(CCCNC(=O)CC/C=C\CC)C(=O)[C@H](N)CCCCN. The van der Waals surface area contributed by atoms with E-state index in [9.17, 15) is 14.4 Å². The normalized spacial score (nSPS) is 12.2. The first-order valence-corrected chi connectivity index (χ1v) is 13.5. The van der Waals surface area contributed by atoms with Crippen LogP contribution in [-0.2, 0) is 14.4 Å². The highest BCUT2D eigenvalue weighted by Gasteiger charge is 2.20. The van der Waals surface area contributed by atoms with Gasteiger partial charge in [0, 0.05) is 39.0 Å². The molecule has 0 aromatic carbocycles. The number of nitrogens with zero attached hydrogens (tertiary/aromatic N) is 1. The number of carbonyl (C=O) groups is 3. The van der Waals surface area contributed by atoms with E-state index in [4.69, 9.17) is 11.5 Å². The Morgan fingerprint density at radius 2 is 1.31 bits per heavy atom. The molecular formula is C27H51N5O3. The van der Waals surface area contributed by atoms with E-state index in [2.05, 4.69) is 36.6 Å². The zero-order chi connectivity index (χ0) is 26.2. The van der Waals surface area contributed by atoms with Gasteiger partial charge in [-0.3, -0.25) is 14.4 Å². The first-order valence-electron chi connectivity index (χ1n) is 13.5. The Morgan fingerprint density at radius 3 is 1.86 bits per heavy atom. The lowest BCUT2D eigenvalue weighted by molar-refractivity contribution is -0.133. The second-order valence-corrected chi connectivity index (χ2v) is 8.81. The van der Waals surface area contributed by atoms with Gasteiger partial charge in [-0.25, -0.2) is 0 Å². The van der Waals surface area contributed by atoms with Crippen molar-refractivity contribution in [2.75, 3.05) is 32.7 Å². The number of amides is 3. The van der Waals surface area contributed by atoms with Crippen LogP contribution in [-0.4, -0.2) is 61.4 Å². The molecule has 8 nitrogen and oxygen atoms in total. The van der Waals surface area contributed by atoms with E-state index in [1.54, 1.807) is 4.90 Å². The summed E-state index contributed by atoms with van der Waals surface area (Å²) in [6.07, 6.45) is 17.2. The zero-order valence-corrected chi connectivity index (χ0v) is 22.2. The summed E-state index contributed by atoms with van der Waals surface area (Å²) in [5.74, 6) is 0.0365. The van der Waals surface area contributed by atoms with E-state index < -0.39 is 6.04 Å². The third-order valence-corrected chi connectivity index (χ3v) is 5.58. The summed E-state index contributed by atoms with van der Waals surface area (Å²) in [5.41, 5.74) is 11.7. The fourth-order valence-corrected chi connectivity index (χ4v) is 3.53. The Labute approximate surface area is 213 Å². The van der Waals surface area contributed by atoms with Crippen molar-refractivity contribution in [1.29, 1.82) is 0 Å². The minimum Gasteiger partial charge on any atom is -0.356 e. The van der Waals surface area contributed by atoms with Gasteiger partial charge >= 0.3 is 0 Å². The Hall–Kier alpha value is -2.19. The summed E-state index contributed by atoms with van der Waals surface area (Å²) < 4.78 is 0.